The average Bonchev–Trinajstić information content (AvgIpc) is 3.12. The van der Waals surface area contributed by atoms with Crippen LogP contribution in [0.15, 0.2) is 36.7 Å². The van der Waals surface area contributed by atoms with Crippen LogP contribution in [0.25, 0.3) is 10.7 Å². The van der Waals surface area contributed by atoms with Crippen molar-refractivity contribution in [2.75, 3.05) is 12.4 Å². The molecule has 7 heteroatoms. The molecule has 0 saturated carbocycles. The number of carbonyl (C=O) groups excluding carboxylic acids is 1. The molecule has 0 atom stereocenters. The fraction of sp³-hybridized carbons (Fsp3) is 0.188. The van der Waals surface area contributed by atoms with E-state index in [0.717, 1.165) is 16.4 Å². The summed E-state index contributed by atoms with van der Waals surface area (Å²) in [5.74, 6) is 1.11. The van der Waals surface area contributed by atoms with E-state index >= 15 is 0 Å². The first-order valence-corrected chi connectivity index (χ1v) is 7.81. The second-order valence-electron chi connectivity index (χ2n) is 4.95. The maximum absolute atomic E-state index is 12.4. The molecule has 2 heterocycles. The van der Waals surface area contributed by atoms with Crippen LogP contribution in [0.3, 0.4) is 0 Å². The molecule has 23 heavy (non-hydrogen) atoms. The first-order chi connectivity index (χ1) is 11.1. The average molecular weight is 328 g/mol. The minimum atomic E-state index is -0.248. The fourth-order valence-electron chi connectivity index (χ4n) is 2.24. The summed E-state index contributed by atoms with van der Waals surface area (Å²) in [4.78, 5) is 22.1. The number of nitrogens with zero attached hydrogens (tertiary/aromatic N) is 3. The number of rotatable bonds is 4. The molecule has 0 bridgehead atoms. The molecule has 1 N–H and O–H groups in total. The van der Waals surface area contributed by atoms with Crippen LogP contribution in [0, 0.1) is 6.92 Å². The Labute approximate surface area is 137 Å². The Morgan fingerprint density at radius 2 is 2.13 bits per heavy atom. The number of nitrogens with one attached hydrogen (secondary N) is 1. The number of anilines is 1. The molecule has 6 nitrogen and oxygen atoms in total. The summed E-state index contributed by atoms with van der Waals surface area (Å²) in [5, 5.41) is 3.37. The van der Waals surface area contributed by atoms with E-state index in [9.17, 15) is 4.79 Å². The SMILES string of the molecule is COc1ccccc1C(=O)Nc1nc(C)c(-c2nccn2C)s1. The number of imidazole rings is 1. The quantitative estimate of drug-likeness (QED) is 0.799. The van der Waals surface area contributed by atoms with Gasteiger partial charge in [-0.15, -0.1) is 0 Å². The number of para-hydroxylation sites is 1. The number of benzene rings is 1. The molecule has 0 fully saturated rings. The number of ether oxygens (including phenoxy) is 1. The largest absolute Gasteiger partial charge is 0.496 e. The first-order valence-electron chi connectivity index (χ1n) is 6.99. The number of carbonyl (C=O) groups is 1. The summed E-state index contributed by atoms with van der Waals surface area (Å²) in [7, 11) is 3.47. The third kappa shape index (κ3) is 2.95. The monoisotopic (exact) mass is 328 g/mol. The van der Waals surface area contributed by atoms with Crippen LogP contribution in [-0.4, -0.2) is 27.6 Å². The van der Waals surface area contributed by atoms with Gasteiger partial charge < -0.3 is 9.30 Å². The zero-order chi connectivity index (χ0) is 16.4. The third-order valence-electron chi connectivity index (χ3n) is 3.39. The normalized spacial score (nSPS) is 10.6. The van der Waals surface area contributed by atoms with Crippen molar-refractivity contribution in [3.05, 3.63) is 47.9 Å². The summed E-state index contributed by atoms with van der Waals surface area (Å²) in [6.07, 6.45) is 3.61. The fourth-order valence-corrected chi connectivity index (χ4v) is 3.24. The minimum absolute atomic E-state index is 0.248. The summed E-state index contributed by atoms with van der Waals surface area (Å²) in [6.45, 7) is 1.90. The molecule has 0 spiro atoms. The predicted molar refractivity (Wildman–Crippen MR) is 90.0 cm³/mol. The third-order valence-corrected chi connectivity index (χ3v) is 4.46. The van der Waals surface area contributed by atoms with Gasteiger partial charge in [0, 0.05) is 19.4 Å². The molecule has 0 aliphatic carbocycles. The van der Waals surface area contributed by atoms with Crippen molar-refractivity contribution in [3.8, 4) is 16.5 Å². The standard InChI is InChI=1S/C16H16N4O2S/c1-10-13(14-17-8-9-20(14)2)23-16(18-10)19-15(21)11-6-4-5-7-12(11)22-3/h4-9H,1-3H3,(H,18,19,21). The van der Waals surface area contributed by atoms with E-state index in [1.165, 1.54) is 11.3 Å². The summed E-state index contributed by atoms with van der Waals surface area (Å²) in [5.41, 5.74) is 1.31. The van der Waals surface area contributed by atoms with Crippen molar-refractivity contribution >= 4 is 22.4 Å². The van der Waals surface area contributed by atoms with Gasteiger partial charge in [0.2, 0.25) is 0 Å². The molecular weight excluding hydrogens is 312 g/mol. The van der Waals surface area contributed by atoms with E-state index in [0.29, 0.717) is 16.4 Å². The highest BCUT2D eigenvalue weighted by Gasteiger charge is 2.17. The zero-order valence-corrected chi connectivity index (χ0v) is 13.8. The molecule has 2 aromatic heterocycles. The molecule has 0 saturated heterocycles. The van der Waals surface area contributed by atoms with E-state index in [4.69, 9.17) is 4.74 Å². The molecule has 118 valence electrons. The summed E-state index contributed by atoms with van der Waals surface area (Å²) < 4.78 is 7.14. The van der Waals surface area contributed by atoms with Crippen LogP contribution in [0.5, 0.6) is 5.75 Å². The number of methoxy groups -OCH3 is 1. The van der Waals surface area contributed by atoms with Crippen LogP contribution in [-0.2, 0) is 7.05 Å². The van der Waals surface area contributed by atoms with Crippen molar-refractivity contribution < 1.29 is 9.53 Å². The van der Waals surface area contributed by atoms with Crippen LogP contribution < -0.4 is 10.1 Å². The van der Waals surface area contributed by atoms with Gasteiger partial charge in [0.05, 0.1) is 23.2 Å². The minimum Gasteiger partial charge on any atom is -0.496 e. The Morgan fingerprint density at radius 3 is 2.83 bits per heavy atom. The number of aromatic nitrogens is 3. The van der Waals surface area contributed by atoms with Gasteiger partial charge in [0.15, 0.2) is 11.0 Å². The molecule has 1 amide bonds. The van der Waals surface area contributed by atoms with E-state index in [2.05, 4.69) is 15.3 Å². The van der Waals surface area contributed by atoms with Gasteiger partial charge in [0.1, 0.15) is 5.75 Å². The molecule has 3 rings (SSSR count). The number of amides is 1. The van der Waals surface area contributed by atoms with Crippen LogP contribution in [0.2, 0.25) is 0 Å². The first kappa shape index (κ1) is 15.2. The lowest BCUT2D eigenvalue weighted by Crippen LogP contribution is -2.12. The Balaban J connectivity index is 1.87. The van der Waals surface area contributed by atoms with Crippen molar-refractivity contribution in [2.24, 2.45) is 7.05 Å². The lowest BCUT2D eigenvalue weighted by Gasteiger charge is -2.06. The van der Waals surface area contributed by atoms with E-state index < -0.39 is 0 Å². The lowest BCUT2D eigenvalue weighted by atomic mass is 10.2. The molecular formula is C16H16N4O2S. The highest BCUT2D eigenvalue weighted by molar-refractivity contribution is 7.19. The molecule has 0 radical (unpaired) electrons. The second-order valence-corrected chi connectivity index (χ2v) is 5.95. The predicted octanol–water partition coefficient (Wildman–Crippen LogP) is 3.11. The smallest absolute Gasteiger partial charge is 0.261 e. The van der Waals surface area contributed by atoms with Gasteiger partial charge in [-0.2, -0.15) is 0 Å². The molecule has 0 aliphatic rings. The maximum atomic E-state index is 12.4. The van der Waals surface area contributed by atoms with Crippen LogP contribution >= 0.6 is 11.3 Å². The highest BCUT2D eigenvalue weighted by Crippen LogP contribution is 2.31. The van der Waals surface area contributed by atoms with Gasteiger partial charge in [-0.3, -0.25) is 10.1 Å². The van der Waals surface area contributed by atoms with Gasteiger partial charge >= 0.3 is 0 Å². The lowest BCUT2D eigenvalue weighted by molar-refractivity contribution is 0.102. The van der Waals surface area contributed by atoms with Crippen molar-refractivity contribution in [1.82, 2.24) is 14.5 Å². The Morgan fingerprint density at radius 1 is 1.35 bits per heavy atom. The van der Waals surface area contributed by atoms with Crippen molar-refractivity contribution in [1.29, 1.82) is 0 Å². The molecule has 0 unspecified atom stereocenters. The van der Waals surface area contributed by atoms with Gasteiger partial charge in [-0.05, 0) is 19.1 Å². The Hall–Kier alpha value is -2.67. The van der Waals surface area contributed by atoms with E-state index in [1.807, 2.05) is 30.8 Å². The Kier molecular flexibility index (Phi) is 4.12. The van der Waals surface area contributed by atoms with Crippen molar-refractivity contribution in [3.63, 3.8) is 0 Å². The molecule has 3 aromatic rings. The van der Waals surface area contributed by atoms with Crippen LogP contribution in [0.1, 0.15) is 16.1 Å². The van der Waals surface area contributed by atoms with Gasteiger partial charge in [0.25, 0.3) is 5.91 Å². The highest BCUT2D eigenvalue weighted by atomic mass is 32.1. The van der Waals surface area contributed by atoms with Crippen molar-refractivity contribution in [2.45, 2.75) is 6.92 Å². The number of aryl methyl sites for hydroxylation is 2. The topological polar surface area (TPSA) is 69.0 Å². The van der Waals surface area contributed by atoms with E-state index in [1.54, 1.807) is 31.5 Å². The number of hydrogen-bond donors (Lipinski definition) is 1. The van der Waals surface area contributed by atoms with Gasteiger partial charge in [-0.1, -0.05) is 23.5 Å². The Bertz CT molecular complexity index is 853. The number of hydrogen-bond acceptors (Lipinski definition) is 5. The molecule has 1 aromatic carbocycles. The van der Waals surface area contributed by atoms with Gasteiger partial charge in [-0.25, -0.2) is 9.97 Å². The number of thiazole rings is 1. The maximum Gasteiger partial charge on any atom is 0.261 e. The summed E-state index contributed by atoms with van der Waals surface area (Å²) >= 11 is 1.40. The van der Waals surface area contributed by atoms with E-state index in [-0.39, 0.29) is 5.91 Å². The summed E-state index contributed by atoms with van der Waals surface area (Å²) in [6, 6.07) is 7.09. The second kappa shape index (κ2) is 6.21. The molecule has 0 aliphatic heterocycles. The van der Waals surface area contributed by atoms with Crippen LogP contribution in [0.4, 0.5) is 5.13 Å². The zero-order valence-electron chi connectivity index (χ0n) is 13.0.